The van der Waals surface area contributed by atoms with Gasteiger partial charge in [0.25, 0.3) is 0 Å². The van der Waals surface area contributed by atoms with Gasteiger partial charge >= 0.3 is 5.97 Å². The van der Waals surface area contributed by atoms with E-state index in [-0.39, 0.29) is 0 Å². The van der Waals surface area contributed by atoms with Crippen LogP contribution >= 0.6 is 11.6 Å². The van der Waals surface area contributed by atoms with Crippen LogP contribution in [-0.2, 0) is 11.2 Å². The standard InChI is InChI=1S/C11H15ClN2O2/c1-13-10(11(15)16)6-2-5-9-8(12)4-3-7-14-9/h3-4,7,10,13H,2,5-6H2,1H3,(H,15,16)/t10-/m0/s1. The molecule has 1 atom stereocenters. The van der Waals surface area contributed by atoms with Gasteiger partial charge < -0.3 is 10.4 Å². The minimum atomic E-state index is -0.824. The van der Waals surface area contributed by atoms with Crippen LogP contribution in [0.4, 0.5) is 0 Å². The molecular weight excluding hydrogens is 228 g/mol. The van der Waals surface area contributed by atoms with E-state index in [4.69, 9.17) is 16.7 Å². The van der Waals surface area contributed by atoms with E-state index in [1.807, 2.05) is 0 Å². The van der Waals surface area contributed by atoms with Crippen molar-refractivity contribution in [3.63, 3.8) is 0 Å². The fourth-order valence-corrected chi connectivity index (χ4v) is 1.68. The summed E-state index contributed by atoms with van der Waals surface area (Å²) in [4.78, 5) is 14.9. The van der Waals surface area contributed by atoms with Crippen molar-refractivity contribution in [3.8, 4) is 0 Å². The van der Waals surface area contributed by atoms with Crippen LogP contribution in [-0.4, -0.2) is 29.1 Å². The summed E-state index contributed by atoms with van der Waals surface area (Å²) in [5.74, 6) is -0.824. The molecule has 88 valence electrons. The fourth-order valence-electron chi connectivity index (χ4n) is 1.47. The van der Waals surface area contributed by atoms with Gasteiger partial charge in [0.15, 0.2) is 0 Å². The maximum absolute atomic E-state index is 10.7. The number of hydrogen-bond acceptors (Lipinski definition) is 3. The topological polar surface area (TPSA) is 62.2 Å². The number of rotatable bonds is 6. The number of aryl methyl sites for hydroxylation is 1. The van der Waals surface area contributed by atoms with Crippen molar-refractivity contribution in [3.05, 3.63) is 29.0 Å². The quantitative estimate of drug-likeness (QED) is 0.798. The average Bonchev–Trinajstić information content (AvgIpc) is 2.26. The van der Waals surface area contributed by atoms with E-state index in [9.17, 15) is 4.79 Å². The largest absolute Gasteiger partial charge is 0.480 e. The summed E-state index contributed by atoms with van der Waals surface area (Å²) in [6.45, 7) is 0. The number of hydrogen-bond donors (Lipinski definition) is 2. The molecule has 2 N–H and O–H groups in total. The molecule has 0 bridgehead atoms. The Labute approximate surface area is 99.6 Å². The third kappa shape index (κ3) is 3.79. The lowest BCUT2D eigenvalue weighted by Gasteiger charge is -2.10. The van der Waals surface area contributed by atoms with Crippen molar-refractivity contribution in [2.75, 3.05) is 7.05 Å². The molecule has 0 aliphatic rings. The number of halogens is 1. The summed E-state index contributed by atoms with van der Waals surface area (Å²) in [6, 6.07) is 3.07. The second-order valence-corrected chi connectivity index (χ2v) is 3.91. The Morgan fingerprint density at radius 1 is 1.69 bits per heavy atom. The number of pyridine rings is 1. The summed E-state index contributed by atoms with van der Waals surface area (Å²) in [6.07, 6.45) is 3.70. The molecular formula is C11H15ClN2O2. The van der Waals surface area contributed by atoms with Gasteiger partial charge in [0.1, 0.15) is 6.04 Å². The predicted molar refractivity (Wildman–Crippen MR) is 62.7 cm³/mol. The number of carboxylic acids is 1. The lowest BCUT2D eigenvalue weighted by molar-refractivity contribution is -0.139. The lowest BCUT2D eigenvalue weighted by Crippen LogP contribution is -2.33. The molecule has 0 aromatic carbocycles. The molecule has 1 aromatic rings. The van der Waals surface area contributed by atoms with Crippen LogP contribution in [0.5, 0.6) is 0 Å². The molecule has 0 saturated heterocycles. The van der Waals surface area contributed by atoms with E-state index in [0.717, 1.165) is 12.1 Å². The molecule has 0 aliphatic heterocycles. The van der Waals surface area contributed by atoms with Crippen LogP contribution in [0.2, 0.25) is 5.02 Å². The number of nitrogens with one attached hydrogen (secondary N) is 1. The van der Waals surface area contributed by atoms with Gasteiger partial charge in [-0.1, -0.05) is 11.6 Å². The van der Waals surface area contributed by atoms with Gasteiger partial charge in [-0.3, -0.25) is 9.78 Å². The first-order valence-corrected chi connectivity index (χ1v) is 5.52. The molecule has 0 spiro atoms. The second-order valence-electron chi connectivity index (χ2n) is 3.50. The fraction of sp³-hybridized carbons (Fsp3) is 0.455. The van der Waals surface area contributed by atoms with Gasteiger partial charge in [-0.15, -0.1) is 0 Å². The van der Waals surface area contributed by atoms with Crippen LogP contribution in [0, 0.1) is 0 Å². The zero-order valence-corrected chi connectivity index (χ0v) is 9.87. The zero-order chi connectivity index (χ0) is 12.0. The highest BCUT2D eigenvalue weighted by Crippen LogP contribution is 2.15. The van der Waals surface area contributed by atoms with Gasteiger partial charge in [-0.2, -0.15) is 0 Å². The summed E-state index contributed by atoms with van der Waals surface area (Å²) in [7, 11) is 1.65. The number of likely N-dealkylation sites (N-methyl/N-ethyl adjacent to an activating group) is 1. The monoisotopic (exact) mass is 242 g/mol. The minimum absolute atomic E-state index is 0.498. The van der Waals surface area contributed by atoms with Crippen molar-refractivity contribution < 1.29 is 9.90 Å². The van der Waals surface area contributed by atoms with Crippen molar-refractivity contribution >= 4 is 17.6 Å². The van der Waals surface area contributed by atoms with Crippen molar-refractivity contribution in [1.29, 1.82) is 0 Å². The SMILES string of the molecule is CN[C@@H](CCCc1ncccc1Cl)C(=O)O. The Balaban J connectivity index is 2.41. The predicted octanol–water partition coefficient (Wildman–Crippen LogP) is 1.73. The van der Waals surface area contributed by atoms with Crippen molar-refractivity contribution in [2.24, 2.45) is 0 Å². The molecule has 1 aromatic heterocycles. The smallest absolute Gasteiger partial charge is 0.320 e. The third-order valence-electron chi connectivity index (χ3n) is 2.39. The highest BCUT2D eigenvalue weighted by molar-refractivity contribution is 6.31. The Bertz CT molecular complexity index is 358. The Kier molecular flexibility index (Phi) is 5.22. The first kappa shape index (κ1) is 12.9. The number of aliphatic carboxylic acids is 1. The van der Waals surface area contributed by atoms with E-state index in [1.165, 1.54) is 0 Å². The van der Waals surface area contributed by atoms with Crippen LogP contribution in [0.15, 0.2) is 18.3 Å². The number of carbonyl (C=O) groups is 1. The molecule has 1 heterocycles. The molecule has 5 heteroatoms. The third-order valence-corrected chi connectivity index (χ3v) is 2.73. The Morgan fingerprint density at radius 2 is 2.44 bits per heavy atom. The van der Waals surface area contributed by atoms with Gasteiger partial charge in [0.2, 0.25) is 0 Å². The maximum atomic E-state index is 10.7. The molecule has 0 fully saturated rings. The lowest BCUT2D eigenvalue weighted by atomic mass is 10.1. The minimum Gasteiger partial charge on any atom is -0.480 e. The van der Waals surface area contributed by atoms with Crippen molar-refractivity contribution in [1.82, 2.24) is 10.3 Å². The van der Waals surface area contributed by atoms with Crippen molar-refractivity contribution in [2.45, 2.75) is 25.3 Å². The van der Waals surface area contributed by atoms with E-state index in [2.05, 4.69) is 10.3 Å². The molecule has 0 saturated carbocycles. The summed E-state index contributed by atoms with van der Waals surface area (Å²) >= 11 is 5.94. The first-order chi connectivity index (χ1) is 7.65. The van der Waals surface area contributed by atoms with Crippen LogP contribution in [0.1, 0.15) is 18.5 Å². The van der Waals surface area contributed by atoms with Crippen LogP contribution < -0.4 is 5.32 Å². The Hall–Kier alpha value is -1.13. The molecule has 16 heavy (non-hydrogen) atoms. The van der Waals surface area contributed by atoms with Crippen LogP contribution in [0.3, 0.4) is 0 Å². The van der Waals surface area contributed by atoms with Crippen LogP contribution in [0.25, 0.3) is 0 Å². The number of aromatic nitrogens is 1. The zero-order valence-electron chi connectivity index (χ0n) is 9.11. The molecule has 4 nitrogen and oxygen atoms in total. The molecule has 0 aliphatic carbocycles. The average molecular weight is 243 g/mol. The van der Waals surface area contributed by atoms with Gasteiger partial charge in [-0.05, 0) is 38.4 Å². The van der Waals surface area contributed by atoms with Gasteiger partial charge in [0, 0.05) is 6.20 Å². The van der Waals surface area contributed by atoms with E-state index >= 15 is 0 Å². The van der Waals surface area contributed by atoms with Gasteiger partial charge in [-0.25, -0.2) is 0 Å². The molecule has 0 amide bonds. The highest BCUT2D eigenvalue weighted by Gasteiger charge is 2.14. The summed E-state index contributed by atoms with van der Waals surface area (Å²) < 4.78 is 0. The molecule has 1 rings (SSSR count). The normalized spacial score (nSPS) is 12.4. The van der Waals surface area contributed by atoms with E-state index in [1.54, 1.807) is 25.4 Å². The highest BCUT2D eigenvalue weighted by atomic mass is 35.5. The van der Waals surface area contributed by atoms with E-state index in [0.29, 0.717) is 17.9 Å². The molecule has 0 radical (unpaired) electrons. The second kappa shape index (κ2) is 6.45. The molecule has 0 unspecified atom stereocenters. The maximum Gasteiger partial charge on any atom is 0.320 e. The van der Waals surface area contributed by atoms with Gasteiger partial charge in [0.05, 0.1) is 10.7 Å². The Morgan fingerprint density at radius 3 is 3.00 bits per heavy atom. The van der Waals surface area contributed by atoms with E-state index < -0.39 is 12.0 Å². The summed E-state index contributed by atoms with van der Waals surface area (Å²) in [5.41, 5.74) is 0.824. The summed E-state index contributed by atoms with van der Waals surface area (Å²) in [5, 5.41) is 12.2. The number of nitrogens with zero attached hydrogens (tertiary/aromatic N) is 1. The first-order valence-electron chi connectivity index (χ1n) is 5.14. The number of carboxylic acid groups (broad SMARTS) is 1.